The van der Waals surface area contributed by atoms with E-state index in [2.05, 4.69) is 9.97 Å². The summed E-state index contributed by atoms with van der Waals surface area (Å²) in [5.74, 6) is 0.808. The van der Waals surface area contributed by atoms with E-state index in [4.69, 9.17) is 10.5 Å². The highest BCUT2D eigenvalue weighted by Crippen LogP contribution is 2.22. The number of nitrogens with two attached hydrogens (primary N) is 1. The maximum absolute atomic E-state index is 5.95. The van der Waals surface area contributed by atoms with Crippen molar-refractivity contribution in [1.29, 1.82) is 0 Å². The lowest BCUT2D eigenvalue weighted by Crippen LogP contribution is -2.15. The lowest BCUT2D eigenvalue weighted by Gasteiger charge is -2.11. The normalized spacial score (nSPS) is 17.4. The highest BCUT2D eigenvalue weighted by atomic mass is 16.5. The number of aromatic nitrogens is 2. The number of hydrogen-bond donors (Lipinski definition) is 1. The van der Waals surface area contributed by atoms with Crippen molar-refractivity contribution in [2.75, 3.05) is 6.61 Å². The van der Waals surface area contributed by atoms with Crippen molar-refractivity contribution in [3.63, 3.8) is 0 Å². The second kappa shape index (κ2) is 3.75. The first-order chi connectivity index (χ1) is 6.77. The number of ether oxygens (including phenoxy) is 1. The van der Waals surface area contributed by atoms with E-state index in [1.54, 1.807) is 12.4 Å². The van der Waals surface area contributed by atoms with Gasteiger partial charge in [-0.25, -0.2) is 0 Å². The highest BCUT2D eigenvalue weighted by Gasteiger charge is 2.17. The monoisotopic (exact) mass is 191 g/mol. The summed E-state index contributed by atoms with van der Waals surface area (Å²) >= 11 is 0. The van der Waals surface area contributed by atoms with E-state index in [1.807, 2.05) is 13.0 Å². The van der Waals surface area contributed by atoms with Crippen LogP contribution in [0.4, 0.5) is 0 Å². The largest absolute Gasteiger partial charge is 0.496 e. The lowest BCUT2D eigenvalue weighted by atomic mass is 10.2. The van der Waals surface area contributed by atoms with Crippen LogP contribution in [0.1, 0.15) is 23.9 Å². The van der Waals surface area contributed by atoms with Crippen molar-refractivity contribution in [3.05, 3.63) is 35.6 Å². The van der Waals surface area contributed by atoms with Gasteiger partial charge in [-0.05, 0) is 13.0 Å². The van der Waals surface area contributed by atoms with Crippen LogP contribution in [0.3, 0.4) is 0 Å². The molecule has 74 valence electrons. The van der Waals surface area contributed by atoms with Crippen molar-refractivity contribution in [2.45, 2.75) is 19.4 Å². The molecule has 14 heavy (non-hydrogen) atoms. The van der Waals surface area contributed by atoms with Gasteiger partial charge in [-0.1, -0.05) is 0 Å². The van der Waals surface area contributed by atoms with E-state index >= 15 is 0 Å². The van der Waals surface area contributed by atoms with Crippen molar-refractivity contribution in [2.24, 2.45) is 5.73 Å². The van der Waals surface area contributed by atoms with Crippen molar-refractivity contribution in [1.82, 2.24) is 9.97 Å². The van der Waals surface area contributed by atoms with Gasteiger partial charge in [-0.15, -0.1) is 0 Å². The standard InChI is InChI=1S/C10H13N3O/c1-7-5-13-8(6-12-7)10(11)9-3-2-4-14-9/h3,5-6,10H,2,4,11H2,1H3. The van der Waals surface area contributed by atoms with Crippen LogP contribution in [0.25, 0.3) is 0 Å². The van der Waals surface area contributed by atoms with Crippen LogP contribution in [0.15, 0.2) is 24.2 Å². The van der Waals surface area contributed by atoms with Crippen LogP contribution in [0.5, 0.6) is 0 Å². The Morgan fingerprint density at radius 1 is 1.43 bits per heavy atom. The quantitative estimate of drug-likeness (QED) is 0.760. The Balaban J connectivity index is 2.18. The van der Waals surface area contributed by atoms with Gasteiger partial charge < -0.3 is 10.5 Å². The minimum absolute atomic E-state index is 0.273. The van der Waals surface area contributed by atoms with Crippen molar-refractivity contribution < 1.29 is 4.74 Å². The molecule has 1 unspecified atom stereocenters. The van der Waals surface area contributed by atoms with Crippen LogP contribution < -0.4 is 5.73 Å². The summed E-state index contributed by atoms with van der Waals surface area (Å²) in [6.07, 6.45) is 6.35. The molecule has 0 fully saturated rings. The Kier molecular flexibility index (Phi) is 2.45. The average Bonchev–Trinajstić information content (AvgIpc) is 2.71. The molecule has 2 heterocycles. The molecule has 0 amide bonds. The zero-order valence-electron chi connectivity index (χ0n) is 8.10. The van der Waals surface area contributed by atoms with E-state index in [0.717, 1.165) is 30.2 Å². The van der Waals surface area contributed by atoms with E-state index in [9.17, 15) is 0 Å². The maximum atomic E-state index is 5.95. The van der Waals surface area contributed by atoms with Gasteiger partial charge in [0.2, 0.25) is 0 Å². The molecule has 1 aliphatic rings. The maximum Gasteiger partial charge on any atom is 0.115 e. The summed E-state index contributed by atoms with van der Waals surface area (Å²) in [7, 11) is 0. The predicted octanol–water partition coefficient (Wildman–Crippen LogP) is 1.09. The van der Waals surface area contributed by atoms with Gasteiger partial charge in [0, 0.05) is 12.6 Å². The van der Waals surface area contributed by atoms with Gasteiger partial charge in [0.25, 0.3) is 0 Å². The second-order valence-electron chi connectivity index (χ2n) is 3.30. The highest BCUT2D eigenvalue weighted by molar-refractivity contribution is 5.17. The third-order valence-electron chi connectivity index (χ3n) is 2.16. The molecule has 1 aromatic rings. The van der Waals surface area contributed by atoms with Gasteiger partial charge in [0.15, 0.2) is 0 Å². The SMILES string of the molecule is Cc1cnc(C(N)C2=CCCO2)cn1. The van der Waals surface area contributed by atoms with Crippen LogP contribution in [0.2, 0.25) is 0 Å². The topological polar surface area (TPSA) is 61.0 Å². The minimum atomic E-state index is -0.273. The fourth-order valence-electron chi connectivity index (χ4n) is 1.36. The first-order valence-electron chi connectivity index (χ1n) is 4.64. The lowest BCUT2D eigenvalue weighted by molar-refractivity contribution is 0.224. The molecule has 0 spiro atoms. The van der Waals surface area contributed by atoms with Crippen LogP contribution in [-0.4, -0.2) is 16.6 Å². The molecule has 2 N–H and O–H groups in total. The minimum Gasteiger partial charge on any atom is -0.496 e. The number of hydrogen-bond acceptors (Lipinski definition) is 4. The molecular formula is C10H13N3O. The fraction of sp³-hybridized carbons (Fsp3) is 0.400. The summed E-state index contributed by atoms with van der Waals surface area (Å²) in [5.41, 5.74) is 7.60. The van der Waals surface area contributed by atoms with Crippen molar-refractivity contribution >= 4 is 0 Å². The van der Waals surface area contributed by atoms with Gasteiger partial charge in [-0.2, -0.15) is 0 Å². The Morgan fingerprint density at radius 2 is 2.29 bits per heavy atom. The molecule has 1 aromatic heterocycles. The van der Waals surface area contributed by atoms with Gasteiger partial charge in [0.05, 0.1) is 24.2 Å². The summed E-state index contributed by atoms with van der Waals surface area (Å²) in [6.45, 7) is 2.62. The number of aryl methyl sites for hydroxylation is 1. The molecule has 0 aliphatic carbocycles. The molecule has 0 saturated heterocycles. The molecule has 0 bridgehead atoms. The van der Waals surface area contributed by atoms with Crippen LogP contribution in [-0.2, 0) is 4.74 Å². The summed E-state index contributed by atoms with van der Waals surface area (Å²) in [4.78, 5) is 8.36. The third kappa shape index (κ3) is 1.75. The molecule has 0 saturated carbocycles. The molecule has 0 aromatic carbocycles. The molecule has 0 radical (unpaired) electrons. The Bertz CT molecular complexity index is 345. The Hall–Kier alpha value is -1.42. The van der Waals surface area contributed by atoms with Gasteiger partial charge in [-0.3, -0.25) is 9.97 Å². The first kappa shape index (κ1) is 9.15. The summed E-state index contributed by atoms with van der Waals surface area (Å²) in [6, 6.07) is -0.273. The molecule has 1 atom stereocenters. The Morgan fingerprint density at radius 3 is 2.86 bits per heavy atom. The van der Waals surface area contributed by atoms with E-state index in [1.165, 1.54) is 0 Å². The first-order valence-corrected chi connectivity index (χ1v) is 4.64. The predicted molar refractivity (Wildman–Crippen MR) is 52.3 cm³/mol. The molecule has 1 aliphatic heterocycles. The summed E-state index contributed by atoms with van der Waals surface area (Å²) < 4.78 is 5.37. The summed E-state index contributed by atoms with van der Waals surface area (Å²) in [5, 5.41) is 0. The Labute approximate surface area is 82.8 Å². The molecule has 4 nitrogen and oxygen atoms in total. The molecule has 2 rings (SSSR count). The average molecular weight is 191 g/mol. The van der Waals surface area contributed by atoms with Crippen LogP contribution in [0, 0.1) is 6.92 Å². The number of rotatable bonds is 2. The number of nitrogens with zero attached hydrogens (tertiary/aromatic N) is 2. The zero-order chi connectivity index (χ0) is 9.97. The van der Waals surface area contributed by atoms with Gasteiger partial charge in [0.1, 0.15) is 11.8 Å². The van der Waals surface area contributed by atoms with E-state index in [-0.39, 0.29) is 6.04 Å². The molecule has 4 heteroatoms. The third-order valence-corrected chi connectivity index (χ3v) is 2.16. The van der Waals surface area contributed by atoms with Gasteiger partial charge >= 0.3 is 0 Å². The van der Waals surface area contributed by atoms with E-state index in [0.29, 0.717) is 0 Å². The smallest absolute Gasteiger partial charge is 0.115 e. The van der Waals surface area contributed by atoms with E-state index < -0.39 is 0 Å². The molecular weight excluding hydrogens is 178 g/mol. The van der Waals surface area contributed by atoms with Crippen molar-refractivity contribution in [3.8, 4) is 0 Å². The van der Waals surface area contributed by atoms with Crippen LogP contribution >= 0.6 is 0 Å². The zero-order valence-corrected chi connectivity index (χ0v) is 8.10. The fourth-order valence-corrected chi connectivity index (χ4v) is 1.36. The second-order valence-corrected chi connectivity index (χ2v) is 3.30.